The molecule has 0 radical (unpaired) electrons. The number of hydrogen-bond acceptors (Lipinski definition) is 4. The molecular formula is C22H28ClN3O2. The molecule has 1 aliphatic rings. The fourth-order valence-corrected chi connectivity index (χ4v) is 3.34. The second-order valence-electron chi connectivity index (χ2n) is 7.99. The molecule has 0 saturated carbocycles. The van der Waals surface area contributed by atoms with Crippen LogP contribution in [0, 0.1) is 0 Å². The molecule has 6 heteroatoms. The van der Waals surface area contributed by atoms with Crippen LogP contribution in [0.4, 0.5) is 17.1 Å². The third-order valence-electron chi connectivity index (χ3n) is 4.78. The zero-order valence-corrected chi connectivity index (χ0v) is 17.5. The highest BCUT2D eigenvalue weighted by molar-refractivity contribution is 6.31. The summed E-state index contributed by atoms with van der Waals surface area (Å²) in [6.45, 7) is 9.72. The van der Waals surface area contributed by atoms with Gasteiger partial charge in [0.1, 0.15) is 0 Å². The van der Waals surface area contributed by atoms with E-state index in [0.29, 0.717) is 18.2 Å². The Kier molecular flexibility index (Phi) is 6.47. The lowest BCUT2D eigenvalue weighted by atomic mass is 9.87. The Morgan fingerprint density at radius 2 is 1.79 bits per heavy atom. The average Bonchev–Trinajstić information content (AvgIpc) is 2.67. The molecule has 150 valence electrons. The third-order valence-corrected chi connectivity index (χ3v) is 5.02. The normalized spacial score (nSPS) is 14.6. The Morgan fingerprint density at radius 1 is 1.11 bits per heavy atom. The third kappa shape index (κ3) is 5.40. The van der Waals surface area contributed by atoms with E-state index in [-0.39, 0.29) is 17.9 Å². The molecule has 1 heterocycles. The molecule has 0 aliphatic carbocycles. The standard InChI is InChI=1S/C22H28ClN3O2/c1-22(2,3)16-4-7-18(8-5-16)25-21(27)15-24-19-14-17(23)6-9-20(19)26-10-12-28-13-11-26/h4-9,14,24H,10-13,15H2,1-3H3,(H,25,27). The summed E-state index contributed by atoms with van der Waals surface area (Å²) in [6, 6.07) is 13.7. The van der Waals surface area contributed by atoms with Crippen LogP contribution in [-0.2, 0) is 14.9 Å². The summed E-state index contributed by atoms with van der Waals surface area (Å²) in [5, 5.41) is 6.80. The van der Waals surface area contributed by atoms with Gasteiger partial charge in [-0.15, -0.1) is 0 Å². The van der Waals surface area contributed by atoms with Crippen molar-refractivity contribution in [3.05, 3.63) is 53.1 Å². The van der Waals surface area contributed by atoms with E-state index in [9.17, 15) is 4.79 Å². The van der Waals surface area contributed by atoms with Gasteiger partial charge < -0.3 is 20.3 Å². The molecule has 5 nitrogen and oxygen atoms in total. The van der Waals surface area contributed by atoms with Crippen LogP contribution in [0.2, 0.25) is 5.02 Å². The van der Waals surface area contributed by atoms with Gasteiger partial charge in [-0.05, 0) is 41.3 Å². The van der Waals surface area contributed by atoms with E-state index in [2.05, 4.69) is 48.4 Å². The molecule has 1 amide bonds. The van der Waals surface area contributed by atoms with Crippen molar-refractivity contribution in [3.8, 4) is 0 Å². The molecule has 2 N–H and O–H groups in total. The minimum absolute atomic E-state index is 0.0898. The van der Waals surface area contributed by atoms with Crippen LogP contribution in [0.3, 0.4) is 0 Å². The molecule has 3 rings (SSSR count). The minimum atomic E-state index is -0.101. The number of rotatable bonds is 5. The highest BCUT2D eigenvalue weighted by Crippen LogP contribution is 2.30. The van der Waals surface area contributed by atoms with Gasteiger partial charge in [-0.25, -0.2) is 0 Å². The Bertz CT molecular complexity index is 810. The smallest absolute Gasteiger partial charge is 0.243 e. The summed E-state index contributed by atoms with van der Waals surface area (Å²) >= 11 is 6.17. The first kappa shape index (κ1) is 20.5. The number of hydrogen-bond donors (Lipinski definition) is 2. The van der Waals surface area contributed by atoms with Crippen molar-refractivity contribution >= 4 is 34.6 Å². The summed E-state index contributed by atoms with van der Waals surface area (Å²) in [6.07, 6.45) is 0. The summed E-state index contributed by atoms with van der Waals surface area (Å²) < 4.78 is 5.43. The SMILES string of the molecule is CC(C)(C)c1ccc(NC(=O)CNc2cc(Cl)ccc2N2CCOCC2)cc1. The first-order chi connectivity index (χ1) is 13.3. The fourth-order valence-electron chi connectivity index (χ4n) is 3.16. The van der Waals surface area contributed by atoms with Crippen LogP contribution < -0.4 is 15.5 Å². The van der Waals surface area contributed by atoms with Gasteiger partial charge in [0.05, 0.1) is 31.1 Å². The number of nitrogens with one attached hydrogen (secondary N) is 2. The highest BCUT2D eigenvalue weighted by atomic mass is 35.5. The van der Waals surface area contributed by atoms with Gasteiger partial charge in [-0.3, -0.25) is 4.79 Å². The van der Waals surface area contributed by atoms with E-state index in [1.165, 1.54) is 5.56 Å². The van der Waals surface area contributed by atoms with Crippen molar-refractivity contribution in [1.29, 1.82) is 0 Å². The number of carbonyl (C=O) groups excluding carboxylic acids is 1. The maximum Gasteiger partial charge on any atom is 0.243 e. The van der Waals surface area contributed by atoms with Gasteiger partial charge in [0.15, 0.2) is 0 Å². The monoisotopic (exact) mass is 401 g/mol. The molecule has 0 atom stereocenters. The van der Waals surface area contributed by atoms with Crippen LogP contribution in [-0.4, -0.2) is 38.8 Å². The van der Waals surface area contributed by atoms with Crippen LogP contribution >= 0.6 is 11.6 Å². The Morgan fingerprint density at radius 3 is 2.43 bits per heavy atom. The molecule has 1 fully saturated rings. The highest BCUT2D eigenvalue weighted by Gasteiger charge is 2.16. The van der Waals surface area contributed by atoms with E-state index in [1.807, 2.05) is 30.3 Å². The van der Waals surface area contributed by atoms with Crippen LogP contribution in [0.5, 0.6) is 0 Å². The van der Waals surface area contributed by atoms with Crippen molar-refractivity contribution in [2.75, 3.05) is 48.4 Å². The molecule has 2 aromatic rings. The Labute approximate surface area is 172 Å². The predicted octanol–water partition coefficient (Wildman–Crippen LogP) is 4.52. The molecule has 0 unspecified atom stereocenters. The van der Waals surface area contributed by atoms with Gasteiger partial charge >= 0.3 is 0 Å². The number of morpholine rings is 1. The van der Waals surface area contributed by atoms with Crippen LogP contribution in [0.1, 0.15) is 26.3 Å². The number of nitrogens with zero attached hydrogens (tertiary/aromatic N) is 1. The summed E-state index contributed by atoms with van der Waals surface area (Å²) in [5.74, 6) is -0.101. The topological polar surface area (TPSA) is 53.6 Å². The lowest BCUT2D eigenvalue weighted by Gasteiger charge is -2.30. The van der Waals surface area contributed by atoms with Crippen molar-refractivity contribution in [3.63, 3.8) is 0 Å². The van der Waals surface area contributed by atoms with Crippen LogP contribution in [0.15, 0.2) is 42.5 Å². The summed E-state index contributed by atoms with van der Waals surface area (Å²) in [7, 11) is 0. The molecule has 28 heavy (non-hydrogen) atoms. The van der Waals surface area contributed by atoms with Gasteiger partial charge in [-0.1, -0.05) is 44.5 Å². The maximum absolute atomic E-state index is 12.4. The number of benzene rings is 2. The van der Waals surface area contributed by atoms with Gasteiger partial charge in [-0.2, -0.15) is 0 Å². The Balaban J connectivity index is 1.62. The fraction of sp³-hybridized carbons (Fsp3) is 0.409. The van der Waals surface area contributed by atoms with E-state index in [1.54, 1.807) is 0 Å². The molecule has 0 aromatic heterocycles. The van der Waals surface area contributed by atoms with Gasteiger partial charge in [0.2, 0.25) is 5.91 Å². The number of ether oxygens (including phenoxy) is 1. The Hall–Kier alpha value is -2.24. The number of amides is 1. The molecule has 1 saturated heterocycles. The predicted molar refractivity (Wildman–Crippen MR) is 117 cm³/mol. The van der Waals surface area contributed by atoms with Crippen LogP contribution in [0.25, 0.3) is 0 Å². The van der Waals surface area contributed by atoms with Crippen molar-refractivity contribution in [1.82, 2.24) is 0 Å². The van der Waals surface area contributed by atoms with Crippen molar-refractivity contribution in [2.24, 2.45) is 0 Å². The lowest BCUT2D eigenvalue weighted by molar-refractivity contribution is -0.114. The number of halogens is 1. The average molecular weight is 402 g/mol. The minimum Gasteiger partial charge on any atom is -0.378 e. The number of carbonyl (C=O) groups is 1. The van der Waals surface area contributed by atoms with Gasteiger partial charge in [0, 0.05) is 23.8 Å². The van der Waals surface area contributed by atoms with E-state index >= 15 is 0 Å². The molecule has 0 spiro atoms. The number of anilines is 3. The van der Waals surface area contributed by atoms with Gasteiger partial charge in [0.25, 0.3) is 0 Å². The molecule has 0 bridgehead atoms. The second-order valence-corrected chi connectivity index (χ2v) is 8.43. The second kappa shape index (κ2) is 8.84. The molecular weight excluding hydrogens is 374 g/mol. The van der Waals surface area contributed by atoms with Crippen molar-refractivity contribution in [2.45, 2.75) is 26.2 Å². The molecule has 1 aliphatic heterocycles. The zero-order valence-electron chi connectivity index (χ0n) is 16.7. The van der Waals surface area contributed by atoms with Crippen molar-refractivity contribution < 1.29 is 9.53 Å². The maximum atomic E-state index is 12.4. The van der Waals surface area contributed by atoms with E-state index in [4.69, 9.17) is 16.3 Å². The van der Waals surface area contributed by atoms with E-state index < -0.39 is 0 Å². The summed E-state index contributed by atoms with van der Waals surface area (Å²) in [5.41, 5.74) is 4.01. The lowest BCUT2D eigenvalue weighted by Crippen LogP contribution is -2.36. The first-order valence-corrected chi connectivity index (χ1v) is 9.97. The molecule has 2 aromatic carbocycles. The summed E-state index contributed by atoms with van der Waals surface area (Å²) in [4.78, 5) is 14.6. The largest absolute Gasteiger partial charge is 0.378 e. The quantitative estimate of drug-likeness (QED) is 0.773. The van der Waals surface area contributed by atoms with E-state index in [0.717, 1.165) is 30.2 Å². The zero-order chi connectivity index (χ0) is 20.1. The first-order valence-electron chi connectivity index (χ1n) is 9.59.